The van der Waals surface area contributed by atoms with E-state index in [-0.39, 0.29) is 59.3 Å². The van der Waals surface area contributed by atoms with Gasteiger partial charge >= 0.3 is 11.9 Å². The molecule has 0 saturated heterocycles. The van der Waals surface area contributed by atoms with Crippen molar-refractivity contribution in [2.75, 3.05) is 52.9 Å². The molecule has 226 valence electrons. The normalized spacial score (nSPS) is 13.6. The van der Waals surface area contributed by atoms with Crippen LogP contribution in [-0.4, -0.2) is 110 Å². The Kier molecular flexibility index (Phi) is 18.9. The molecule has 0 spiro atoms. The van der Waals surface area contributed by atoms with Gasteiger partial charge in [0.2, 0.25) is 12.6 Å². The van der Waals surface area contributed by atoms with Crippen molar-refractivity contribution in [1.82, 2.24) is 4.90 Å². The predicted molar refractivity (Wildman–Crippen MR) is 136 cm³/mol. The molecule has 13 nitrogen and oxygen atoms in total. The Hall–Kier alpha value is -1.42. The summed E-state index contributed by atoms with van der Waals surface area (Å²) in [4.78, 5) is 25.7. The minimum absolute atomic E-state index is 0.0285. The topological polar surface area (TPSA) is 152 Å². The molecule has 0 aromatic heterocycles. The molecule has 0 aromatic rings. The Morgan fingerprint density at radius 2 is 0.921 bits per heavy atom. The van der Waals surface area contributed by atoms with E-state index in [0.717, 1.165) is 0 Å². The summed E-state index contributed by atoms with van der Waals surface area (Å²) in [6.07, 6.45) is -3.48. The van der Waals surface area contributed by atoms with Gasteiger partial charge < -0.3 is 48.1 Å². The van der Waals surface area contributed by atoms with Crippen molar-refractivity contribution in [3.63, 3.8) is 0 Å². The molecule has 2 N–H and O–H groups in total. The van der Waals surface area contributed by atoms with Gasteiger partial charge in [-0.2, -0.15) is 4.90 Å². The number of rotatable bonds is 25. The van der Waals surface area contributed by atoms with Gasteiger partial charge in [0.15, 0.2) is 0 Å². The van der Waals surface area contributed by atoms with E-state index in [0.29, 0.717) is 0 Å². The van der Waals surface area contributed by atoms with Crippen LogP contribution in [0.15, 0.2) is 0 Å². The fourth-order valence-corrected chi connectivity index (χ4v) is 4.09. The van der Waals surface area contributed by atoms with Gasteiger partial charge in [0.25, 0.3) is 11.8 Å². The molecule has 0 radical (unpaired) electrons. The lowest BCUT2D eigenvalue weighted by molar-refractivity contribution is -0.503. The summed E-state index contributed by atoms with van der Waals surface area (Å²) in [5, 5.41) is 20.0. The zero-order chi connectivity index (χ0) is 29.2. The zero-order valence-corrected chi connectivity index (χ0v) is 24.2. The van der Waals surface area contributed by atoms with E-state index in [4.69, 9.17) is 37.9 Å². The molecule has 0 rings (SSSR count). The van der Waals surface area contributed by atoms with Gasteiger partial charge in [-0.3, -0.25) is 9.59 Å². The summed E-state index contributed by atoms with van der Waals surface area (Å²) in [7, 11) is 0. The lowest BCUT2D eigenvalue weighted by Crippen LogP contribution is -2.77. The quantitative estimate of drug-likeness (QED) is 0.159. The Bertz CT molecular complexity index is 590. The van der Waals surface area contributed by atoms with Crippen molar-refractivity contribution in [3.8, 4) is 0 Å². The summed E-state index contributed by atoms with van der Waals surface area (Å²) in [5.74, 6) is -6.77. The van der Waals surface area contributed by atoms with Crippen LogP contribution in [0.2, 0.25) is 0 Å². The first-order valence-corrected chi connectivity index (χ1v) is 13.4. The molecule has 0 saturated carbocycles. The highest BCUT2D eigenvalue weighted by Gasteiger charge is 2.65. The number of ether oxygens (including phenoxy) is 8. The zero-order valence-electron chi connectivity index (χ0n) is 24.2. The fourth-order valence-electron chi connectivity index (χ4n) is 4.09. The molecule has 0 bridgehead atoms. The number of aliphatic carboxylic acids is 2. The molecule has 0 aromatic carbocycles. The highest BCUT2D eigenvalue weighted by molar-refractivity contribution is 5.75. The average molecular weight is 556 g/mol. The molecule has 38 heavy (non-hydrogen) atoms. The molecule has 0 fully saturated rings. The second kappa shape index (κ2) is 19.6. The highest BCUT2D eigenvalue weighted by atomic mass is 16.8. The molecule has 1 unspecified atom stereocenters. The number of carboxylic acids is 2. The van der Waals surface area contributed by atoms with E-state index < -0.39 is 48.8 Å². The molecule has 1 atom stereocenters. The Balaban J connectivity index is 7.88. The number of carboxylic acid groups (broad SMARTS) is 2. The third-order valence-corrected chi connectivity index (χ3v) is 5.17. The number of nitrogens with zero attached hydrogens (tertiary/aromatic N) is 1. The summed E-state index contributed by atoms with van der Waals surface area (Å²) in [5.41, 5.74) is 0. The van der Waals surface area contributed by atoms with Crippen LogP contribution < -0.4 is 0 Å². The third kappa shape index (κ3) is 9.65. The van der Waals surface area contributed by atoms with Crippen LogP contribution in [0.5, 0.6) is 0 Å². The summed E-state index contributed by atoms with van der Waals surface area (Å²) >= 11 is 0. The molecule has 0 heterocycles. The van der Waals surface area contributed by atoms with Crippen molar-refractivity contribution in [1.29, 1.82) is 0 Å². The monoisotopic (exact) mass is 555 g/mol. The third-order valence-electron chi connectivity index (χ3n) is 5.17. The van der Waals surface area contributed by atoms with Crippen molar-refractivity contribution >= 4 is 11.9 Å². The average Bonchev–Trinajstić information content (AvgIpc) is 2.85. The van der Waals surface area contributed by atoms with Crippen LogP contribution in [0.1, 0.15) is 68.2 Å². The van der Waals surface area contributed by atoms with Crippen molar-refractivity contribution in [2.24, 2.45) is 0 Å². The van der Waals surface area contributed by atoms with Crippen LogP contribution in [0.4, 0.5) is 0 Å². The highest BCUT2D eigenvalue weighted by Crippen LogP contribution is 2.41. The van der Waals surface area contributed by atoms with Gasteiger partial charge in [0.05, 0.1) is 0 Å². The SMILES string of the molecule is CCOC(OCC)C(OCC)(OCC)N(C(CCC(=O)O)C(=O)O)C(OCC)(OCC)C(OCC)OCC. The van der Waals surface area contributed by atoms with Gasteiger partial charge in [-0.05, 0) is 61.8 Å². The van der Waals surface area contributed by atoms with Gasteiger partial charge in [0, 0.05) is 59.3 Å². The first-order valence-electron chi connectivity index (χ1n) is 13.4. The second-order valence-corrected chi connectivity index (χ2v) is 7.64. The maximum atomic E-state index is 12.9. The van der Waals surface area contributed by atoms with Crippen molar-refractivity contribution < 1.29 is 57.7 Å². The predicted octanol–water partition coefficient (Wildman–Crippen LogP) is 2.86. The maximum absolute atomic E-state index is 12.9. The molecular weight excluding hydrogens is 506 g/mol. The second-order valence-electron chi connectivity index (χ2n) is 7.64. The van der Waals surface area contributed by atoms with Crippen molar-refractivity contribution in [2.45, 2.75) is 98.7 Å². The fraction of sp³-hybridized carbons (Fsp3) is 0.920. The molecule has 0 aliphatic carbocycles. The van der Waals surface area contributed by atoms with Crippen LogP contribution in [-0.2, 0) is 47.5 Å². The maximum Gasteiger partial charge on any atom is 0.321 e. The Morgan fingerprint density at radius 1 is 0.605 bits per heavy atom. The van der Waals surface area contributed by atoms with Gasteiger partial charge in [-0.25, -0.2) is 0 Å². The number of hydrogen-bond acceptors (Lipinski definition) is 11. The van der Waals surface area contributed by atoms with Crippen LogP contribution in [0.25, 0.3) is 0 Å². The van der Waals surface area contributed by atoms with E-state index in [2.05, 4.69) is 0 Å². The van der Waals surface area contributed by atoms with Crippen LogP contribution in [0, 0.1) is 0 Å². The minimum Gasteiger partial charge on any atom is -0.481 e. The van der Waals surface area contributed by atoms with E-state index >= 15 is 0 Å². The van der Waals surface area contributed by atoms with Crippen LogP contribution in [0.3, 0.4) is 0 Å². The largest absolute Gasteiger partial charge is 0.481 e. The van der Waals surface area contributed by atoms with Crippen molar-refractivity contribution in [3.05, 3.63) is 0 Å². The molecule has 0 aliphatic rings. The molecular formula is C25H49NO12. The van der Waals surface area contributed by atoms with Gasteiger partial charge in [0.1, 0.15) is 6.04 Å². The number of carbonyl (C=O) groups is 2. The summed E-state index contributed by atoms with van der Waals surface area (Å²) in [6, 6.07) is -1.60. The molecule has 0 amide bonds. The Labute approximate surface area is 226 Å². The first-order chi connectivity index (χ1) is 18.2. The van der Waals surface area contributed by atoms with Gasteiger partial charge in [-0.15, -0.1) is 0 Å². The lowest BCUT2D eigenvalue weighted by atomic mass is 10.1. The van der Waals surface area contributed by atoms with E-state index in [1.165, 1.54) is 4.90 Å². The molecule has 0 aliphatic heterocycles. The minimum atomic E-state index is -2.10. The van der Waals surface area contributed by atoms with E-state index in [1.807, 2.05) is 0 Å². The number of hydrogen-bond donors (Lipinski definition) is 2. The van der Waals surface area contributed by atoms with E-state index in [9.17, 15) is 19.8 Å². The molecule has 13 heteroatoms. The standard InChI is InChI=1S/C25H49NO12/c1-9-31-22(32-10-2)24(35-13-5,36-14-6)26(19(21(29)30)17-18-20(27)28)25(37-15-7,38-16-8)23(33-11-3)34-12-4/h19,22-23H,9-18H2,1-8H3,(H,27,28)(H,29,30). The lowest BCUT2D eigenvalue weighted by Gasteiger charge is -2.56. The van der Waals surface area contributed by atoms with E-state index in [1.54, 1.807) is 55.4 Å². The summed E-state index contributed by atoms with van der Waals surface area (Å²) < 4.78 is 48.6. The Morgan fingerprint density at radius 3 is 1.13 bits per heavy atom. The smallest absolute Gasteiger partial charge is 0.321 e. The summed E-state index contributed by atoms with van der Waals surface area (Å²) in [6.45, 7) is 14.5. The first kappa shape index (κ1) is 36.6. The van der Waals surface area contributed by atoms with Gasteiger partial charge in [-0.1, -0.05) is 0 Å². The van der Waals surface area contributed by atoms with Crippen LogP contribution >= 0.6 is 0 Å².